The number of nitrogens with one attached hydrogen (secondary N) is 2. The molecule has 2 aliphatic rings. The average molecular weight is 371 g/mol. The van der Waals surface area contributed by atoms with Crippen molar-refractivity contribution < 1.29 is 9.59 Å². The highest BCUT2D eigenvalue weighted by Crippen LogP contribution is 2.45. The number of amides is 2. The third-order valence-electron chi connectivity index (χ3n) is 4.34. The summed E-state index contributed by atoms with van der Waals surface area (Å²) >= 11 is 1.43. The zero-order valence-corrected chi connectivity index (χ0v) is 15.4. The van der Waals surface area contributed by atoms with Crippen LogP contribution in [0.3, 0.4) is 0 Å². The molecule has 0 spiro atoms. The highest BCUT2D eigenvalue weighted by Gasteiger charge is 2.36. The van der Waals surface area contributed by atoms with Gasteiger partial charge in [0.25, 0.3) is 0 Å². The van der Waals surface area contributed by atoms with Crippen molar-refractivity contribution >= 4 is 35.0 Å². The largest absolute Gasteiger partial charge is 0.326 e. The van der Waals surface area contributed by atoms with Gasteiger partial charge in [0, 0.05) is 30.3 Å². The Morgan fingerprint density at radius 1 is 1.15 bits per heavy atom. The normalized spacial score (nSPS) is 16.3. The van der Waals surface area contributed by atoms with E-state index in [1.165, 1.54) is 44.4 Å². The first-order chi connectivity index (χ1) is 12.6. The standard InChI is InChI=1S/C18H21N5O2S/c1-11(24)19-13-3-2-4-14(9-13)20-16(25)10-26-18-22-21-17(12-5-6-12)23(18)15-7-8-15/h2-4,9,12,15H,5-8,10H2,1H3,(H,19,24)(H,20,25). The summed E-state index contributed by atoms with van der Waals surface area (Å²) in [5.74, 6) is 1.68. The molecule has 4 rings (SSSR count). The van der Waals surface area contributed by atoms with Gasteiger partial charge in [-0.05, 0) is 43.9 Å². The van der Waals surface area contributed by atoms with E-state index in [-0.39, 0.29) is 17.6 Å². The summed E-state index contributed by atoms with van der Waals surface area (Å²) in [7, 11) is 0. The lowest BCUT2D eigenvalue weighted by molar-refractivity contribution is -0.114. The van der Waals surface area contributed by atoms with Crippen LogP contribution in [0.25, 0.3) is 0 Å². The number of nitrogens with zero attached hydrogens (tertiary/aromatic N) is 3. The first-order valence-corrected chi connectivity index (χ1v) is 9.84. The molecule has 26 heavy (non-hydrogen) atoms. The number of carbonyl (C=O) groups is 2. The van der Waals surface area contributed by atoms with Crippen LogP contribution >= 0.6 is 11.8 Å². The van der Waals surface area contributed by atoms with Gasteiger partial charge in [0.1, 0.15) is 5.82 Å². The molecule has 7 nitrogen and oxygen atoms in total. The molecule has 1 aromatic carbocycles. The van der Waals surface area contributed by atoms with Crippen LogP contribution in [0.15, 0.2) is 29.4 Å². The van der Waals surface area contributed by atoms with Gasteiger partial charge in [0.2, 0.25) is 11.8 Å². The van der Waals surface area contributed by atoms with Gasteiger partial charge in [0.05, 0.1) is 5.75 Å². The number of benzene rings is 1. The fourth-order valence-electron chi connectivity index (χ4n) is 2.89. The first-order valence-electron chi connectivity index (χ1n) is 8.85. The first kappa shape index (κ1) is 17.1. The average Bonchev–Trinajstić information content (AvgIpc) is 3.51. The molecular weight excluding hydrogens is 350 g/mol. The molecule has 2 aliphatic carbocycles. The van der Waals surface area contributed by atoms with Crippen molar-refractivity contribution in [3.63, 3.8) is 0 Å². The van der Waals surface area contributed by atoms with Crippen molar-refractivity contribution in [3.8, 4) is 0 Å². The van der Waals surface area contributed by atoms with Gasteiger partial charge in [-0.2, -0.15) is 0 Å². The molecule has 2 N–H and O–H groups in total. The van der Waals surface area contributed by atoms with Gasteiger partial charge < -0.3 is 15.2 Å². The summed E-state index contributed by atoms with van der Waals surface area (Å²) in [4.78, 5) is 23.4. The quantitative estimate of drug-likeness (QED) is 0.730. The van der Waals surface area contributed by atoms with Gasteiger partial charge in [-0.1, -0.05) is 17.8 Å². The van der Waals surface area contributed by atoms with E-state index in [0.29, 0.717) is 23.3 Å². The maximum Gasteiger partial charge on any atom is 0.234 e. The second-order valence-corrected chi connectivity index (χ2v) is 7.76. The molecule has 2 aromatic rings. The maximum atomic E-state index is 12.3. The molecule has 2 fully saturated rings. The maximum absolute atomic E-state index is 12.3. The smallest absolute Gasteiger partial charge is 0.234 e. The van der Waals surface area contributed by atoms with Crippen molar-refractivity contribution in [2.75, 3.05) is 16.4 Å². The van der Waals surface area contributed by atoms with Crippen molar-refractivity contribution in [2.45, 2.75) is 49.7 Å². The number of carbonyl (C=O) groups excluding carboxylic acids is 2. The third-order valence-corrected chi connectivity index (χ3v) is 5.29. The Labute approximate surface area is 155 Å². The second-order valence-electron chi connectivity index (χ2n) is 6.82. The van der Waals surface area contributed by atoms with Crippen molar-refractivity contribution in [1.29, 1.82) is 0 Å². The number of thioether (sulfide) groups is 1. The second kappa shape index (κ2) is 7.11. The lowest BCUT2D eigenvalue weighted by Gasteiger charge is -2.09. The molecule has 0 bridgehead atoms. The van der Waals surface area contributed by atoms with E-state index < -0.39 is 0 Å². The predicted molar refractivity (Wildman–Crippen MR) is 100 cm³/mol. The molecule has 8 heteroatoms. The molecular formula is C18H21N5O2S. The van der Waals surface area contributed by atoms with Crippen LogP contribution in [0.5, 0.6) is 0 Å². The summed E-state index contributed by atoms with van der Waals surface area (Å²) in [5, 5.41) is 15.1. The number of hydrogen-bond donors (Lipinski definition) is 2. The van der Waals surface area contributed by atoms with Gasteiger partial charge in [-0.15, -0.1) is 10.2 Å². The molecule has 136 valence electrons. The Morgan fingerprint density at radius 2 is 1.88 bits per heavy atom. The van der Waals surface area contributed by atoms with E-state index in [1.807, 2.05) is 0 Å². The summed E-state index contributed by atoms with van der Waals surface area (Å²) in [6.07, 6.45) is 4.74. The zero-order valence-electron chi connectivity index (χ0n) is 14.6. The van der Waals surface area contributed by atoms with Crippen LogP contribution < -0.4 is 10.6 Å². The van der Waals surface area contributed by atoms with Gasteiger partial charge in [-0.3, -0.25) is 9.59 Å². The van der Waals surface area contributed by atoms with Crippen LogP contribution in [-0.4, -0.2) is 32.3 Å². The number of aromatic nitrogens is 3. The molecule has 0 saturated heterocycles. The third kappa shape index (κ3) is 4.07. The van der Waals surface area contributed by atoms with Crippen LogP contribution in [0.2, 0.25) is 0 Å². The SMILES string of the molecule is CC(=O)Nc1cccc(NC(=O)CSc2nnc(C3CC3)n2C2CC2)c1. The summed E-state index contributed by atoms with van der Waals surface area (Å²) in [6.45, 7) is 1.45. The van der Waals surface area contributed by atoms with E-state index in [1.54, 1.807) is 24.3 Å². The lowest BCUT2D eigenvalue weighted by Crippen LogP contribution is -2.15. The lowest BCUT2D eigenvalue weighted by atomic mass is 10.2. The summed E-state index contributed by atoms with van der Waals surface area (Å²) in [6, 6.07) is 7.62. The van der Waals surface area contributed by atoms with Crippen LogP contribution in [0.1, 0.15) is 50.4 Å². The topological polar surface area (TPSA) is 88.9 Å². The van der Waals surface area contributed by atoms with Crippen LogP contribution in [-0.2, 0) is 9.59 Å². The number of rotatable bonds is 7. The van der Waals surface area contributed by atoms with Crippen LogP contribution in [0, 0.1) is 0 Å². The van der Waals surface area contributed by atoms with E-state index in [4.69, 9.17) is 0 Å². The molecule has 0 unspecified atom stereocenters. The fraction of sp³-hybridized carbons (Fsp3) is 0.444. The summed E-state index contributed by atoms with van der Waals surface area (Å²) in [5.41, 5.74) is 1.31. The minimum Gasteiger partial charge on any atom is -0.326 e. The monoisotopic (exact) mass is 371 g/mol. The highest BCUT2D eigenvalue weighted by atomic mass is 32.2. The summed E-state index contributed by atoms with van der Waals surface area (Å²) < 4.78 is 2.24. The Hall–Kier alpha value is -2.35. The van der Waals surface area contributed by atoms with Crippen LogP contribution in [0.4, 0.5) is 11.4 Å². The minimum absolute atomic E-state index is 0.103. The van der Waals surface area contributed by atoms with Crippen molar-refractivity contribution in [1.82, 2.24) is 14.8 Å². The Bertz CT molecular complexity index is 842. The molecule has 0 radical (unpaired) electrons. The van der Waals surface area contributed by atoms with E-state index >= 15 is 0 Å². The van der Waals surface area contributed by atoms with Gasteiger partial charge in [-0.25, -0.2) is 0 Å². The van der Waals surface area contributed by atoms with Gasteiger partial charge in [0.15, 0.2) is 5.16 Å². The predicted octanol–water partition coefficient (Wildman–Crippen LogP) is 3.18. The van der Waals surface area contributed by atoms with Crippen molar-refractivity contribution in [3.05, 3.63) is 30.1 Å². The molecule has 0 aliphatic heterocycles. The molecule has 1 aromatic heterocycles. The number of anilines is 2. The van der Waals surface area contributed by atoms with Gasteiger partial charge >= 0.3 is 0 Å². The Balaban J connectivity index is 1.37. The van der Waals surface area contributed by atoms with Crippen molar-refractivity contribution in [2.24, 2.45) is 0 Å². The Morgan fingerprint density at radius 3 is 2.54 bits per heavy atom. The molecule has 1 heterocycles. The number of hydrogen-bond acceptors (Lipinski definition) is 5. The molecule has 2 saturated carbocycles. The highest BCUT2D eigenvalue weighted by molar-refractivity contribution is 7.99. The molecule has 2 amide bonds. The molecule has 0 atom stereocenters. The zero-order chi connectivity index (χ0) is 18.1. The Kier molecular flexibility index (Phi) is 4.67. The van der Waals surface area contributed by atoms with E-state index in [2.05, 4.69) is 25.4 Å². The fourth-order valence-corrected chi connectivity index (χ4v) is 3.70. The van der Waals surface area contributed by atoms with E-state index in [0.717, 1.165) is 11.0 Å². The minimum atomic E-state index is -0.144. The van der Waals surface area contributed by atoms with E-state index in [9.17, 15) is 9.59 Å².